The number of likely N-dealkylation sites (N-methyl/N-ethyl adjacent to an activating group) is 1. The summed E-state index contributed by atoms with van der Waals surface area (Å²) in [6.45, 7) is 0.881. The molecule has 3 aliphatic rings. The minimum atomic E-state index is -0.286. The van der Waals surface area contributed by atoms with Gasteiger partial charge in [-0.2, -0.15) is 5.26 Å². The number of nitrogens with one attached hydrogen (secondary N) is 3. The number of rotatable bonds is 3. The maximum atomic E-state index is 12.3. The average Bonchev–Trinajstić information content (AvgIpc) is 3.14. The Kier molecular flexibility index (Phi) is 5.08. The number of aromatic nitrogens is 1. The molecule has 0 bridgehead atoms. The molecule has 8 nitrogen and oxygen atoms in total. The van der Waals surface area contributed by atoms with Crippen LogP contribution in [0.2, 0.25) is 0 Å². The summed E-state index contributed by atoms with van der Waals surface area (Å²) in [6, 6.07) is 5.56. The van der Waals surface area contributed by atoms with Crippen molar-refractivity contribution < 1.29 is 4.79 Å². The van der Waals surface area contributed by atoms with Gasteiger partial charge in [0.2, 0.25) is 0 Å². The number of pyridine rings is 1. The lowest BCUT2D eigenvalue weighted by atomic mass is 9.96. The van der Waals surface area contributed by atoms with Crippen LogP contribution in [-0.2, 0) is 0 Å². The number of nitrogens with zero attached hydrogens (tertiary/aromatic N) is 4. The van der Waals surface area contributed by atoms with Crippen LogP contribution < -0.4 is 16.0 Å². The van der Waals surface area contributed by atoms with Gasteiger partial charge in [-0.25, -0.2) is 9.78 Å². The van der Waals surface area contributed by atoms with Crippen LogP contribution in [0.1, 0.15) is 18.4 Å². The second-order valence-electron chi connectivity index (χ2n) is 7.30. The molecule has 0 radical (unpaired) electrons. The molecule has 4 atom stereocenters. The molecule has 3 heterocycles. The van der Waals surface area contributed by atoms with E-state index in [1.54, 1.807) is 12.1 Å². The number of carbonyl (C=O) groups is 1. The number of aliphatic imine (C=N–C) groups is 1. The largest absolute Gasteiger partial charge is 0.364 e. The molecule has 0 aromatic carbocycles. The highest BCUT2D eigenvalue weighted by Crippen LogP contribution is 2.22. The number of allylic oxidation sites excluding steroid dienone is 2. The van der Waals surface area contributed by atoms with Gasteiger partial charge in [-0.05, 0) is 32.0 Å². The Morgan fingerprint density at radius 2 is 2.21 bits per heavy atom. The van der Waals surface area contributed by atoms with Crippen molar-refractivity contribution in [3.8, 4) is 6.07 Å². The maximum Gasteiger partial charge on any atom is 0.320 e. The van der Waals surface area contributed by atoms with Gasteiger partial charge in [0.1, 0.15) is 17.7 Å². The van der Waals surface area contributed by atoms with Crippen LogP contribution in [0.3, 0.4) is 0 Å². The van der Waals surface area contributed by atoms with Crippen molar-refractivity contribution in [1.29, 1.82) is 5.26 Å². The van der Waals surface area contributed by atoms with Crippen LogP contribution in [0.25, 0.3) is 0 Å². The Labute approximate surface area is 164 Å². The first-order valence-corrected chi connectivity index (χ1v) is 9.45. The Balaban J connectivity index is 1.35. The summed E-state index contributed by atoms with van der Waals surface area (Å²) < 4.78 is 0. The molecule has 1 aromatic rings. The highest BCUT2D eigenvalue weighted by atomic mass is 16.2. The Morgan fingerprint density at radius 3 is 2.96 bits per heavy atom. The van der Waals surface area contributed by atoms with E-state index >= 15 is 0 Å². The zero-order valence-corrected chi connectivity index (χ0v) is 15.7. The van der Waals surface area contributed by atoms with E-state index < -0.39 is 0 Å². The van der Waals surface area contributed by atoms with E-state index in [0.717, 1.165) is 25.2 Å². The normalized spacial score (nSPS) is 28.6. The lowest BCUT2D eigenvalue weighted by molar-refractivity contribution is 0.195. The van der Waals surface area contributed by atoms with Gasteiger partial charge in [-0.3, -0.25) is 15.2 Å². The van der Waals surface area contributed by atoms with E-state index in [2.05, 4.69) is 45.0 Å². The Hall–Kier alpha value is -3.18. The smallest absolute Gasteiger partial charge is 0.320 e. The number of hydrogen-bond acceptors (Lipinski definition) is 6. The molecule has 0 saturated carbocycles. The molecular weight excluding hydrogens is 354 g/mol. The van der Waals surface area contributed by atoms with Gasteiger partial charge in [0.15, 0.2) is 0 Å². The number of fused-ring (bicyclic) bond motifs is 1. The number of amidine groups is 1. The van der Waals surface area contributed by atoms with Gasteiger partial charge in [0, 0.05) is 18.8 Å². The number of hydrogen-bond donors (Lipinski definition) is 3. The van der Waals surface area contributed by atoms with Gasteiger partial charge >= 0.3 is 6.03 Å². The summed E-state index contributed by atoms with van der Waals surface area (Å²) in [5.74, 6) is 1.42. The van der Waals surface area contributed by atoms with Crippen LogP contribution in [0.5, 0.6) is 0 Å². The fraction of sp³-hybridized carbons (Fsp3) is 0.400. The van der Waals surface area contributed by atoms with Gasteiger partial charge in [-0.15, -0.1) is 0 Å². The molecule has 8 heteroatoms. The molecule has 2 amide bonds. The summed E-state index contributed by atoms with van der Waals surface area (Å²) in [7, 11) is 2.10. The standard InChI is InChI=1S/C20H23N7O/c1-27-9-8-14(23-20(28)26-18-7-6-13(11-21)12-22-18)10-17(27)19-24-15-4-2-3-5-16(15)25-19/h2-7,12,14-17H,8-10H2,1H3,(H,24,25)(H2,22,23,26,28)/t14-,15?,16?,17-/m1/s1. The van der Waals surface area contributed by atoms with Gasteiger partial charge in [0.25, 0.3) is 0 Å². The van der Waals surface area contributed by atoms with E-state index in [1.165, 1.54) is 6.20 Å². The first-order chi connectivity index (χ1) is 13.6. The molecule has 28 heavy (non-hydrogen) atoms. The third-order valence-electron chi connectivity index (χ3n) is 5.36. The second kappa shape index (κ2) is 7.82. The minimum absolute atomic E-state index is 0.0535. The highest BCUT2D eigenvalue weighted by molar-refractivity contribution is 5.91. The quantitative estimate of drug-likeness (QED) is 0.738. The van der Waals surface area contributed by atoms with Gasteiger partial charge in [-0.1, -0.05) is 24.3 Å². The van der Waals surface area contributed by atoms with Crippen molar-refractivity contribution >= 4 is 17.7 Å². The monoisotopic (exact) mass is 377 g/mol. The molecule has 4 rings (SSSR count). The Bertz CT molecular complexity index is 868. The molecule has 1 aliphatic carbocycles. The van der Waals surface area contributed by atoms with E-state index in [0.29, 0.717) is 11.4 Å². The van der Waals surface area contributed by atoms with Crippen molar-refractivity contribution in [2.75, 3.05) is 18.9 Å². The molecule has 0 spiro atoms. The first-order valence-electron chi connectivity index (χ1n) is 9.45. The fourth-order valence-corrected chi connectivity index (χ4v) is 3.81. The number of anilines is 1. The fourth-order valence-electron chi connectivity index (χ4n) is 3.81. The summed E-state index contributed by atoms with van der Waals surface area (Å²) >= 11 is 0. The number of likely N-dealkylation sites (tertiary alicyclic amines) is 1. The van der Waals surface area contributed by atoms with Crippen LogP contribution in [0, 0.1) is 11.3 Å². The van der Waals surface area contributed by atoms with Crippen LogP contribution in [0.15, 0.2) is 47.6 Å². The SMILES string of the molecule is CN1CC[C@@H](NC(=O)Nc2ccc(C#N)cn2)C[C@@H]1C1=NC2C=CC=CC2N1. The van der Waals surface area contributed by atoms with E-state index in [-0.39, 0.29) is 30.2 Å². The van der Waals surface area contributed by atoms with Crippen molar-refractivity contribution in [3.05, 3.63) is 48.2 Å². The third kappa shape index (κ3) is 3.89. The average molecular weight is 377 g/mol. The van der Waals surface area contributed by atoms with Crippen molar-refractivity contribution in [1.82, 2.24) is 20.5 Å². The van der Waals surface area contributed by atoms with Crippen LogP contribution >= 0.6 is 0 Å². The summed E-state index contributed by atoms with van der Waals surface area (Å²) in [5.41, 5.74) is 0.458. The molecule has 2 aliphatic heterocycles. The minimum Gasteiger partial charge on any atom is -0.364 e. The predicted octanol–water partition coefficient (Wildman–Crippen LogP) is 1.40. The summed E-state index contributed by atoms with van der Waals surface area (Å²) in [6.07, 6.45) is 11.4. The van der Waals surface area contributed by atoms with Crippen molar-refractivity contribution in [2.45, 2.75) is 37.0 Å². The summed E-state index contributed by atoms with van der Waals surface area (Å²) in [5, 5.41) is 18.1. The topological polar surface area (TPSA) is 105 Å². The van der Waals surface area contributed by atoms with Crippen molar-refractivity contribution in [2.24, 2.45) is 4.99 Å². The molecule has 1 aromatic heterocycles. The number of carbonyl (C=O) groups excluding carboxylic acids is 1. The number of amides is 2. The lowest BCUT2D eigenvalue weighted by Gasteiger charge is -2.37. The molecule has 144 valence electrons. The third-order valence-corrected chi connectivity index (χ3v) is 5.36. The van der Waals surface area contributed by atoms with Gasteiger partial charge in [0.05, 0.1) is 23.7 Å². The second-order valence-corrected chi connectivity index (χ2v) is 7.30. The summed E-state index contributed by atoms with van der Waals surface area (Å²) in [4.78, 5) is 23.5. The number of urea groups is 1. The highest BCUT2D eigenvalue weighted by Gasteiger charge is 2.35. The maximum absolute atomic E-state index is 12.3. The van der Waals surface area contributed by atoms with E-state index in [4.69, 9.17) is 10.3 Å². The van der Waals surface area contributed by atoms with Gasteiger partial charge < -0.3 is 10.6 Å². The molecule has 2 unspecified atom stereocenters. The van der Waals surface area contributed by atoms with E-state index in [1.807, 2.05) is 18.2 Å². The molecule has 1 fully saturated rings. The molecule has 3 N–H and O–H groups in total. The Morgan fingerprint density at radius 1 is 1.36 bits per heavy atom. The lowest BCUT2D eigenvalue weighted by Crippen LogP contribution is -2.54. The van der Waals surface area contributed by atoms with Crippen LogP contribution in [0.4, 0.5) is 10.6 Å². The van der Waals surface area contributed by atoms with E-state index in [9.17, 15) is 4.79 Å². The first kappa shape index (κ1) is 18.2. The zero-order valence-electron chi connectivity index (χ0n) is 15.7. The molecule has 1 saturated heterocycles. The number of piperidine rings is 1. The molecular formula is C20H23N7O. The number of nitriles is 1. The van der Waals surface area contributed by atoms with Crippen molar-refractivity contribution in [3.63, 3.8) is 0 Å². The predicted molar refractivity (Wildman–Crippen MR) is 107 cm³/mol. The zero-order chi connectivity index (χ0) is 19.5. The van der Waals surface area contributed by atoms with Crippen LogP contribution in [-0.4, -0.2) is 59.5 Å².